The molecule has 0 N–H and O–H groups in total. The molecule has 2 aromatic rings. The number of benzene rings is 1. The maximum atomic E-state index is 12.6. The quantitative estimate of drug-likeness (QED) is 0.856. The first-order valence-corrected chi connectivity index (χ1v) is 7.48. The van der Waals surface area contributed by atoms with E-state index in [0.717, 1.165) is 34.5 Å². The molecule has 3 rings (SSSR count). The van der Waals surface area contributed by atoms with Crippen LogP contribution in [0.4, 0.5) is 0 Å². The lowest BCUT2D eigenvalue weighted by Gasteiger charge is -2.22. The fraction of sp³-hybridized carbons (Fsp3) is 0.333. The molecule has 1 aromatic carbocycles. The van der Waals surface area contributed by atoms with Crippen molar-refractivity contribution in [1.29, 1.82) is 0 Å². The molecule has 1 aromatic heterocycles. The van der Waals surface area contributed by atoms with Crippen LogP contribution in [0.25, 0.3) is 11.3 Å². The molecule has 1 unspecified atom stereocenters. The van der Waals surface area contributed by atoms with Crippen LogP contribution in [0.1, 0.15) is 41.9 Å². The smallest absolute Gasteiger partial charge is 0.256 e. The van der Waals surface area contributed by atoms with Gasteiger partial charge in [0.1, 0.15) is 0 Å². The SMILES string of the molecule is CCC(C)N1Cc2cc(-c3ccccc3)nc(C)c2C1=O. The lowest BCUT2D eigenvalue weighted by atomic mass is 10.0. The fourth-order valence-electron chi connectivity index (χ4n) is 2.89. The molecule has 0 spiro atoms. The second-order valence-electron chi connectivity index (χ2n) is 5.68. The number of fused-ring (bicyclic) bond motifs is 1. The van der Waals surface area contributed by atoms with E-state index in [0.29, 0.717) is 6.54 Å². The summed E-state index contributed by atoms with van der Waals surface area (Å²) in [5.41, 5.74) is 4.78. The van der Waals surface area contributed by atoms with Gasteiger partial charge in [-0.3, -0.25) is 9.78 Å². The highest BCUT2D eigenvalue weighted by Gasteiger charge is 2.32. The van der Waals surface area contributed by atoms with E-state index in [-0.39, 0.29) is 11.9 Å². The highest BCUT2D eigenvalue weighted by molar-refractivity contribution is 6.00. The second kappa shape index (κ2) is 5.32. The minimum Gasteiger partial charge on any atom is -0.332 e. The lowest BCUT2D eigenvalue weighted by molar-refractivity contribution is 0.0712. The van der Waals surface area contributed by atoms with Gasteiger partial charge in [0.15, 0.2) is 0 Å². The Morgan fingerprint density at radius 2 is 2.00 bits per heavy atom. The standard InChI is InChI=1S/C18H20N2O/c1-4-12(2)20-11-15-10-16(14-8-6-5-7-9-14)19-13(3)17(15)18(20)21/h5-10,12H,4,11H2,1-3H3. The van der Waals surface area contributed by atoms with Gasteiger partial charge in [0.25, 0.3) is 5.91 Å². The van der Waals surface area contributed by atoms with Crippen molar-refractivity contribution < 1.29 is 4.79 Å². The van der Waals surface area contributed by atoms with E-state index in [2.05, 4.69) is 37.0 Å². The van der Waals surface area contributed by atoms with Crippen LogP contribution in [0.3, 0.4) is 0 Å². The Bertz CT molecular complexity index is 679. The number of hydrogen-bond acceptors (Lipinski definition) is 2. The van der Waals surface area contributed by atoms with Crippen LogP contribution in [0.15, 0.2) is 36.4 Å². The van der Waals surface area contributed by atoms with Crippen molar-refractivity contribution in [2.45, 2.75) is 39.8 Å². The van der Waals surface area contributed by atoms with E-state index in [1.807, 2.05) is 30.0 Å². The predicted octanol–water partition coefficient (Wildman–Crippen LogP) is 3.81. The first kappa shape index (κ1) is 13.8. The zero-order valence-corrected chi connectivity index (χ0v) is 12.8. The average Bonchev–Trinajstić information content (AvgIpc) is 2.85. The van der Waals surface area contributed by atoms with Crippen LogP contribution in [0, 0.1) is 6.92 Å². The fourth-order valence-corrected chi connectivity index (χ4v) is 2.89. The number of carbonyl (C=O) groups is 1. The molecule has 0 bridgehead atoms. The van der Waals surface area contributed by atoms with Gasteiger partial charge in [0.05, 0.1) is 17.0 Å². The van der Waals surface area contributed by atoms with E-state index >= 15 is 0 Å². The van der Waals surface area contributed by atoms with Crippen molar-refractivity contribution in [2.24, 2.45) is 0 Å². The molecule has 3 heteroatoms. The topological polar surface area (TPSA) is 33.2 Å². The Balaban J connectivity index is 2.04. The highest BCUT2D eigenvalue weighted by atomic mass is 16.2. The van der Waals surface area contributed by atoms with E-state index in [4.69, 9.17) is 0 Å². The van der Waals surface area contributed by atoms with E-state index in [1.165, 1.54) is 0 Å². The lowest BCUT2D eigenvalue weighted by Crippen LogP contribution is -2.32. The molecular formula is C18H20N2O. The maximum Gasteiger partial charge on any atom is 0.256 e. The molecule has 0 fully saturated rings. The largest absolute Gasteiger partial charge is 0.332 e. The predicted molar refractivity (Wildman–Crippen MR) is 84.0 cm³/mol. The molecule has 1 aliphatic heterocycles. The van der Waals surface area contributed by atoms with Gasteiger partial charge < -0.3 is 4.90 Å². The van der Waals surface area contributed by atoms with Crippen LogP contribution in [-0.4, -0.2) is 21.8 Å². The maximum absolute atomic E-state index is 12.6. The molecular weight excluding hydrogens is 260 g/mol. The van der Waals surface area contributed by atoms with Crippen LogP contribution < -0.4 is 0 Å². The van der Waals surface area contributed by atoms with Gasteiger partial charge in [-0.15, -0.1) is 0 Å². The molecule has 1 amide bonds. The Hall–Kier alpha value is -2.16. The summed E-state index contributed by atoms with van der Waals surface area (Å²) in [6.07, 6.45) is 0.970. The zero-order valence-electron chi connectivity index (χ0n) is 12.8. The summed E-state index contributed by atoms with van der Waals surface area (Å²) in [6, 6.07) is 12.5. The molecule has 0 saturated carbocycles. The number of amides is 1. The Kier molecular flexibility index (Phi) is 3.50. The third-order valence-corrected chi connectivity index (χ3v) is 4.29. The number of carbonyl (C=O) groups excluding carboxylic acids is 1. The van der Waals surface area contributed by atoms with Gasteiger partial charge in [0, 0.05) is 18.2 Å². The van der Waals surface area contributed by atoms with Gasteiger partial charge in [-0.05, 0) is 31.9 Å². The molecule has 21 heavy (non-hydrogen) atoms. The Morgan fingerprint density at radius 3 is 2.67 bits per heavy atom. The molecule has 3 nitrogen and oxygen atoms in total. The summed E-state index contributed by atoms with van der Waals surface area (Å²) in [7, 11) is 0. The van der Waals surface area contributed by atoms with Gasteiger partial charge in [-0.1, -0.05) is 37.3 Å². The minimum absolute atomic E-state index is 0.129. The number of nitrogens with zero attached hydrogens (tertiary/aromatic N) is 2. The highest BCUT2D eigenvalue weighted by Crippen LogP contribution is 2.30. The van der Waals surface area contributed by atoms with Crippen LogP contribution >= 0.6 is 0 Å². The Morgan fingerprint density at radius 1 is 1.29 bits per heavy atom. The summed E-state index contributed by atoms with van der Waals surface area (Å²) in [5.74, 6) is 0.129. The van der Waals surface area contributed by atoms with Crippen molar-refractivity contribution in [3.63, 3.8) is 0 Å². The minimum atomic E-state index is 0.129. The molecule has 1 atom stereocenters. The summed E-state index contributed by atoms with van der Waals surface area (Å²) in [5, 5.41) is 0. The van der Waals surface area contributed by atoms with E-state index in [9.17, 15) is 4.79 Å². The van der Waals surface area contributed by atoms with Crippen molar-refractivity contribution in [3.05, 3.63) is 53.2 Å². The molecule has 0 radical (unpaired) electrons. The summed E-state index contributed by atoms with van der Waals surface area (Å²) in [4.78, 5) is 19.1. The van der Waals surface area contributed by atoms with Gasteiger partial charge in [-0.2, -0.15) is 0 Å². The second-order valence-corrected chi connectivity index (χ2v) is 5.68. The molecule has 0 saturated heterocycles. The number of rotatable bonds is 3. The monoisotopic (exact) mass is 280 g/mol. The van der Waals surface area contributed by atoms with Crippen LogP contribution in [0.5, 0.6) is 0 Å². The number of hydrogen-bond donors (Lipinski definition) is 0. The van der Waals surface area contributed by atoms with Gasteiger partial charge in [0.2, 0.25) is 0 Å². The van der Waals surface area contributed by atoms with Gasteiger partial charge >= 0.3 is 0 Å². The number of pyridine rings is 1. The summed E-state index contributed by atoms with van der Waals surface area (Å²) < 4.78 is 0. The van der Waals surface area contributed by atoms with Gasteiger partial charge in [-0.25, -0.2) is 0 Å². The zero-order chi connectivity index (χ0) is 15.0. The van der Waals surface area contributed by atoms with Crippen LogP contribution in [-0.2, 0) is 6.54 Å². The first-order chi connectivity index (χ1) is 10.1. The van der Waals surface area contributed by atoms with E-state index < -0.39 is 0 Å². The van der Waals surface area contributed by atoms with Crippen molar-refractivity contribution in [2.75, 3.05) is 0 Å². The number of aromatic nitrogens is 1. The summed E-state index contributed by atoms with van der Waals surface area (Å²) in [6.45, 7) is 6.85. The molecule has 1 aliphatic rings. The van der Waals surface area contributed by atoms with Crippen LogP contribution in [0.2, 0.25) is 0 Å². The van der Waals surface area contributed by atoms with E-state index in [1.54, 1.807) is 0 Å². The molecule has 0 aliphatic carbocycles. The normalized spacial score (nSPS) is 15.2. The van der Waals surface area contributed by atoms with Crippen molar-refractivity contribution in [3.8, 4) is 11.3 Å². The summed E-state index contributed by atoms with van der Waals surface area (Å²) >= 11 is 0. The third kappa shape index (κ3) is 2.33. The Labute approximate surface area is 125 Å². The van der Waals surface area contributed by atoms with Crippen molar-refractivity contribution in [1.82, 2.24) is 9.88 Å². The average molecular weight is 280 g/mol. The molecule has 108 valence electrons. The third-order valence-electron chi connectivity index (χ3n) is 4.29. The first-order valence-electron chi connectivity index (χ1n) is 7.48. The number of aryl methyl sites for hydroxylation is 1. The van der Waals surface area contributed by atoms with Crippen molar-refractivity contribution >= 4 is 5.91 Å². The molecule has 2 heterocycles.